The number of rotatable bonds is 50. The van der Waals surface area contributed by atoms with Gasteiger partial charge in [0.15, 0.2) is 6.10 Å². The minimum absolute atomic E-state index is 0.0844. The molecule has 0 heterocycles. The van der Waals surface area contributed by atoms with Crippen molar-refractivity contribution >= 4 is 17.9 Å². The van der Waals surface area contributed by atoms with Gasteiger partial charge in [-0.25, -0.2) is 0 Å². The van der Waals surface area contributed by atoms with Crippen molar-refractivity contribution in [3.63, 3.8) is 0 Å². The Balaban J connectivity index is 4.37. The average Bonchev–Trinajstić information content (AvgIpc) is 3.29. The molecule has 1 unspecified atom stereocenters. The minimum atomic E-state index is -0.787. The van der Waals surface area contributed by atoms with Crippen LogP contribution in [-0.4, -0.2) is 37.2 Å². The van der Waals surface area contributed by atoms with Crippen LogP contribution in [0.25, 0.3) is 0 Å². The summed E-state index contributed by atoms with van der Waals surface area (Å²) < 4.78 is 16.8. The van der Waals surface area contributed by atoms with E-state index < -0.39 is 6.10 Å². The molecule has 64 heavy (non-hydrogen) atoms. The Kier molecular flexibility index (Phi) is 50.8. The maximum atomic E-state index is 12.8. The number of carbonyl (C=O) groups is 3. The van der Waals surface area contributed by atoms with Crippen molar-refractivity contribution in [2.75, 3.05) is 13.2 Å². The molecule has 0 aliphatic carbocycles. The summed E-state index contributed by atoms with van der Waals surface area (Å²) in [6.45, 7) is 6.59. The molecule has 0 aliphatic heterocycles. The summed E-state index contributed by atoms with van der Waals surface area (Å²) in [4.78, 5) is 38.0. The quantitative estimate of drug-likeness (QED) is 0.0199. The molecule has 6 heteroatoms. The van der Waals surface area contributed by atoms with Gasteiger partial charge in [0.05, 0.1) is 0 Å². The van der Waals surface area contributed by atoms with E-state index in [-0.39, 0.29) is 31.1 Å². The first-order valence-electron chi connectivity index (χ1n) is 27.7. The molecular weight excluding hydrogens is 793 g/mol. The predicted molar refractivity (Wildman–Crippen MR) is 275 cm³/mol. The molecule has 0 fully saturated rings. The van der Waals surface area contributed by atoms with Crippen LogP contribution in [0.15, 0.2) is 48.6 Å². The number of allylic oxidation sites excluding steroid dienone is 8. The Morgan fingerprint density at radius 1 is 0.312 bits per heavy atom. The van der Waals surface area contributed by atoms with Gasteiger partial charge >= 0.3 is 17.9 Å². The zero-order valence-corrected chi connectivity index (χ0v) is 42.6. The summed E-state index contributed by atoms with van der Waals surface area (Å²) in [7, 11) is 0. The van der Waals surface area contributed by atoms with E-state index in [2.05, 4.69) is 69.4 Å². The van der Waals surface area contributed by atoms with Crippen LogP contribution >= 0.6 is 0 Å². The van der Waals surface area contributed by atoms with Crippen molar-refractivity contribution < 1.29 is 28.6 Å². The monoisotopic (exact) mass is 897 g/mol. The molecule has 0 saturated heterocycles. The first kappa shape index (κ1) is 61.4. The van der Waals surface area contributed by atoms with Gasteiger partial charge < -0.3 is 14.2 Å². The number of esters is 3. The fraction of sp³-hybridized carbons (Fsp3) is 0.810. The van der Waals surface area contributed by atoms with Crippen LogP contribution in [0.1, 0.15) is 284 Å². The van der Waals surface area contributed by atoms with Gasteiger partial charge in [-0.2, -0.15) is 0 Å². The van der Waals surface area contributed by atoms with Crippen molar-refractivity contribution in [2.45, 2.75) is 290 Å². The highest BCUT2D eigenvalue weighted by atomic mass is 16.6. The van der Waals surface area contributed by atoms with Gasteiger partial charge in [0, 0.05) is 19.3 Å². The fourth-order valence-electron chi connectivity index (χ4n) is 7.83. The smallest absolute Gasteiger partial charge is 0.306 e. The second-order valence-electron chi connectivity index (χ2n) is 18.5. The first-order chi connectivity index (χ1) is 31.5. The lowest BCUT2D eigenvalue weighted by Gasteiger charge is -2.18. The van der Waals surface area contributed by atoms with E-state index in [4.69, 9.17) is 14.2 Å². The van der Waals surface area contributed by atoms with E-state index in [1.807, 2.05) is 0 Å². The lowest BCUT2D eigenvalue weighted by molar-refractivity contribution is -0.167. The Morgan fingerprint density at radius 3 is 0.922 bits per heavy atom. The summed E-state index contributed by atoms with van der Waals surface area (Å²) in [6.07, 6.45) is 63.8. The number of ether oxygens (including phenoxy) is 3. The van der Waals surface area contributed by atoms with E-state index in [0.29, 0.717) is 19.3 Å². The van der Waals surface area contributed by atoms with Crippen molar-refractivity contribution in [1.29, 1.82) is 0 Å². The molecule has 0 aromatic heterocycles. The zero-order chi connectivity index (χ0) is 46.5. The van der Waals surface area contributed by atoms with Crippen LogP contribution in [-0.2, 0) is 28.6 Å². The topological polar surface area (TPSA) is 78.9 Å². The molecule has 6 nitrogen and oxygen atoms in total. The van der Waals surface area contributed by atoms with Crippen LogP contribution in [0.3, 0.4) is 0 Å². The third-order valence-corrected chi connectivity index (χ3v) is 12.1. The van der Waals surface area contributed by atoms with Crippen LogP contribution in [0.4, 0.5) is 0 Å². The lowest BCUT2D eigenvalue weighted by atomic mass is 10.1. The summed E-state index contributed by atoms with van der Waals surface area (Å²) in [5.41, 5.74) is 0. The third kappa shape index (κ3) is 50.4. The van der Waals surface area contributed by atoms with E-state index >= 15 is 0 Å². The van der Waals surface area contributed by atoms with Crippen LogP contribution in [0.2, 0.25) is 0 Å². The molecule has 0 aliphatic rings. The van der Waals surface area contributed by atoms with Gasteiger partial charge in [-0.15, -0.1) is 0 Å². The Bertz CT molecular complexity index is 1120. The molecular formula is C58H104O6. The molecule has 0 aromatic rings. The summed E-state index contributed by atoms with van der Waals surface area (Å²) in [5.74, 6) is -0.911. The highest BCUT2D eigenvalue weighted by Gasteiger charge is 2.19. The van der Waals surface area contributed by atoms with Crippen molar-refractivity contribution in [3.8, 4) is 0 Å². The van der Waals surface area contributed by atoms with Gasteiger partial charge in [-0.3, -0.25) is 14.4 Å². The van der Waals surface area contributed by atoms with Crippen molar-refractivity contribution in [3.05, 3.63) is 48.6 Å². The summed E-state index contributed by atoms with van der Waals surface area (Å²) >= 11 is 0. The average molecular weight is 897 g/mol. The molecule has 0 saturated carbocycles. The van der Waals surface area contributed by atoms with Gasteiger partial charge in [-0.05, 0) is 96.3 Å². The van der Waals surface area contributed by atoms with E-state index in [1.54, 1.807) is 0 Å². The maximum absolute atomic E-state index is 12.8. The molecule has 0 N–H and O–H groups in total. The largest absolute Gasteiger partial charge is 0.462 e. The number of hydrogen-bond donors (Lipinski definition) is 0. The molecule has 0 bridgehead atoms. The van der Waals surface area contributed by atoms with Gasteiger partial charge in [0.2, 0.25) is 0 Å². The number of unbranched alkanes of at least 4 members (excludes halogenated alkanes) is 32. The SMILES string of the molecule is CCCCC/C=C\C=C/CCCCCCCCCCCCC(=O)OCC(COC(=O)CCCCC/C=C\CCCCCCCC)OC(=O)CCCCC/C=C\CCCCCCCCC. The Morgan fingerprint density at radius 2 is 0.562 bits per heavy atom. The molecule has 1 atom stereocenters. The molecule has 0 spiro atoms. The summed E-state index contributed by atoms with van der Waals surface area (Å²) in [5, 5.41) is 0. The fourth-order valence-corrected chi connectivity index (χ4v) is 7.83. The Hall–Kier alpha value is -2.63. The third-order valence-electron chi connectivity index (χ3n) is 12.1. The molecule has 372 valence electrons. The van der Waals surface area contributed by atoms with Crippen molar-refractivity contribution in [2.24, 2.45) is 0 Å². The van der Waals surface area contributed by atoms with E-state index in [9.17, 15) is 14.4 Å². The van der Waals surface area contributed by atoms with Crippen molar-refractivity contribution in [1.82, 2.24) is 0 Å². The number of hydrogen-bond acceptors (Lipinski definition) is 6. The highest BCUT2D eigenvalue weighted by Crippen LogP contribution is 2.15. The standard InChI is InChI=1S/C58H104O6/c1-4-7-10-13-16-19-22-25-27-28-29-30-31-34-36-39-42-45-48-51-57(60)63-54-55(53-62-56(59)50-47-44-41-38-35-32-24-21-18-15-12-9-6-3)64-58(61)52-49-46-43-40-37-33-26-23-20-17-14-11-8-5-2/h16,19,22,25,32-33,35,37,55H,4-15,17-18,20-21,23-24,26-31,34,36,38-54H2,1-3H3/b19-16-,25-22-,35-32-,37-33-. The number of carbonyl (C=O) groups excluding carboxylic acids is 3. The zero-order valence-electron chi connectivity index (χ0n) is 42.6. The molecule has 0 radical (unpaired) electrons. The van der Waals surface area contributed by atoms with Gasteiger partial charge in [0.25, 0.3) is 0 Å². The van der Waals surface area contributed by atoms with E-state index in [0.717, 1.165) is 83.5 Å². The first-order valence-corrected chi connectivity index (χ1v) is 27.7. The molecule has 0 aromatic carbocycles. The normalized spacial score (nSPS) is 12.4. The second-order valence-corrected chi connectivity index (χ2v) is 18.5. The minimum Gasteiger partial charge on any atom is -0.462 e. The Labute approximate surface area is 397 Å². The lowest BCUT2D eigenvalue weighted by Crippen LogP contribution is -2.30. The highest BCUT2D eigenvalue weighted by molar-refractivity contribution is 5.71. The summed E-state index contributed by atoms with van der Waals surface area (Å²) in [6, 6.07) is 0. The van der Waals surface area contributed by atoms with Gasteiger partial charge in [0.1, 0.15) is 13.2 Å². The van der Waals surface area contributed by atoms with Crippen LogP contribution < -0.4 is 0 Å². The van der Waals surface area contributed by atoms with Crippen LogP contribution in [0.5, 0.6) is 0 Å². The maximum Gasteiger partial charge on any atom is 0.306 e. The van der Waals surface area contributed by atoms with Crippen LogP contribution in [0, 0.1) is 0 Å². The molecule has 0 rings (SSSR count). The van der Waals surface area contributed by atoms with E-state index in [1.165, 1.54) is 161 Å². The van der Waals surface area contributed by atoms with Gasteiger partial charge in [-0.1, -0.05) is 217 Å². The second kappa shape index (κ2) is 53.0. The predicted octanol–water partition coefficient (Wildman–Crippen LogP) is 18.3. The molecule has 0 amide bonds.